The van der Waals surface area contributed by atoms with Gasteiger partial charge in [-0.25, -0.2) is 4.39 Å². The molecule has 106 valence electrons. The highest BCUT2D eigenvalue weighted by atomic mass is 35.5. The van der Waals surface area contributed by atoms with Gasteiger partial charge in [-0.2, -0.15) is 0 Å². The van der Waals surface area contributed by atoms with Crippen LogP contribution in [0.2, 0.25) is 5.02 Å². The third-order valence-electron chi connectivity index (χ3n) is 3.55. The lowest BCUT2D eigenvalue weighted by Gasteiger charge is -2.16. The first-order chi connectivity index (χ1) is 9.60. The monoisotopic (exact) mass is 292 g/mol. The fourth-order valence-corrected chi connectivity index (χ4v) is 2.59. The fraction of sp³-hybridized carbons (Fsp3) is 0.294. The van der Waals surface area contributed by atoms with Gasteiger partial charge in [-0.3, -0.25) is 0 Å². The third-order valence-corrected chi connectivity index (χ3v) is 3.90. The molecule has 0 heterocycles. The van der Waals surface area contributed by atoms with Crippen molar-refractivity contribution in [2.75, 3.05) is 6.61 Å². The molecule has 2 rings (SSSR count). The van der Waals surface area contributed by atoms with E-state index in [1.807, 2.05) is 12.1 Å². The van der Waals surface area contributed by atoms with Gasteiger partial charge < -0.3 is 5.11 Å². The van der Waals surface area contributed by atoms with Crippen LogP contribution in [0.5, 0.6) is 0 Å². The van der Waals surface area contributed by atoms with Crippen LogP contribution in [-0.2, 0) is 12.8 Å². The predicted octanol–water partition coefficient (Wildman–Crippen LogP) is 4.18. The summed E-state index contributed by atoms with van der Waals surface area (Å²) < 4.78 is 13.0. The summed E-state index contributed by atoms with van der Waals surface area (Å²) in [7, 11) is 0. The van der Waals surface area contributed by atoms with Crippen LogP contribution in [0.4, 0.5) is 4.39 Å². The van der Waals surface area contributed by atoms with Crippen LogP contribution in [0, 0.1) is 18.7 Å². The molecule has 0 amide bonds. The van der Waals surface area contributed by atoms with E-state index in [0.717, 1.165) is 12.0 Å². The minimum absolute atomic E-state index is 0.0825. The Morgan fingerprint density at radius 3 is 2.45 bits per heavy atom. The number of halogens is 2. The summed E-state index contributed by atoms with van der Waals surface area (Å²) in [6.07, 6.45) is 1.43. The van der Waals surface area contributed by atoms with Crippen molar-refractivity contribution in [1.29, 1.82) is 0 Å². The second kappa shape index (κ2) is 6.87. The molecule has 0 aliphatic heterocycles. The van der Waals surface area contributed by atoms with Crippen molar-refractivity contribution in [3.63, 3.8) is 0 Å². The summed E-state index contributed by atoms with van der Waals surface area (Å²) in [5, 5.41) is 9.99. The molecule has 0 aliphatic rings. The smallest absolute Gasteiger partial charge is 0.124 e. The molecule has 0 fully saturated rings. The van der Waals surface area contributed by atoms with Gasteiger partial charge in [0.2, 0.25) is 0 Å². The normalized spacial score (nSPS) is 12.4. The zero-order valence-corrected chi connectivity index (χ0v) is 12.2. The molecule has 1 nitrogen and oxygen atoms in total. The first-order valence-electron chi connectivity index (χ1n) is 6.69. The van der Waals surface area contributed by atoms with Gasteiger partial charge in [-0.15, -0.1) is 0 Å². The number of hydrogen-bond donors (Lipinski definition) is 1. The molecular formula is C17H18ClFO. The van der Waals surface area contributed by atoms with Crippen molar-refractivity contribution in [2.45, 2.75) is 19.8 Å². The van der Waals surface area contributed by atoms with Crippen molar-refractivity contribution >= 4 is 11.6 Å². The quantitative estimate of drug-likeness (QED) is 0.876. The Bertz CT molecular complexity index is 583. The molecule has 0 saturated carbocycles. The van der Waals surface area contributed by atoms with E-state index in [1.165, 1.54) is 23.3 Å². The summed E-state index contributed by atoms with van der Waals surface area (Å²) >= 11 is 6.04. The van der Waals surface area contributed by atoms with Crippen LogP contribution in [0.25, 0.3) is 0 Å². The number of aryl methyl sites for hydroxylation is 1. The molecule has 0 aliphatic carbocycles. The van der Waals surface area contributed by atoms with E-state index in [-0.39, 0.29) is 18.3 Å². The molecule has 2 aromatic rings. The lowest BCUT2D eigenvalue weighted by Crippen LogP contribution is -2.14. The number of benzene rings is 2. The molecule has 20 heavy (non-hydrogen) atoms. The van der Waals surface area contributed by atoms with Crippen molar-refractivity contribution < 1.29 is 9.50 Å². The minimum atomic E-state index is -0.335. The second-order valence-corrected chi connectivity index (χ2v) is 5.53. The lowest BCUT2D eigenvalue weighted by molar-refractivity contribution is 0.225. The standard InChI is InChI=1S/C17H18ClFO/c1-12-4-2-3-5-14(12)8-13(11-20)9-15-6-7-16(19)10-17(15)18/h2-7,10,13,20H,8-9,11H2,1H3. The number of aliphatic hydroxyl groups excluding tert-OH is 1. The number of hydrogen-bond acceptors (Lipinski definition) is 1. The van der Waals surface area contributed by atoms with Crippen LogP contribution >= 0.6 is 11.6 Å². The van der Waals surface area contributed by atoms with E-state index >= 15 is 0 Å². The van der Waals surface area contributed by atoms with Gasteiger partial charge in [0, 0.05) is 11.6 Å². The lowest BCUT2D eigenvalue weighted by atomic mass is 9.91. The molecular weight excluding hydrogens is 275 g/mol. The van der Waals surface area contributed by atoms with E-state index in [9.17, 15) is 9.50 Å². The van der Waals surface area contributed by atoms with Crippen molar-refractivity contribution in [2.24, 2.45) is 5.92 Å². The van der Waals surface area contributed by atoms with Crippen LogP contribution in [0.1, 0.15) is 16.7 Å². The van der Waals surface area contributed by atoms with Crippen LogP contribution in [0.3, 0.4) is 0 Å². The van der Waals surface area contributed by atoms with Crippen LogP contribution in [-0.4, -0.2) is 11.7 Å². The Morgan fingerprint density at radius 1 is 1.10 bits per heavy atom. The average molecular weight is 293 g/mol. The van der Waals surface area contributed by atoms with Crippen LogP contribution in [0.15, 0.2) is 42.5 Å². The maximum Gasteiger partial charge on any atom is 0.124 e. The first-order valence-corrected chi connectivity index (χ1v) is 7.07. The van der Waals surface area contributed by atoms with Gasteiger partial charge in [-0.05, 0) is 54.5 Å². The number of rotatable bonds is 5. The zero-order valence-electron chi connectivity index (χ0n) is 11.4. The summed E-state index contributed by atoms with van der Waals surface area (Å²) in [4.78, 5) is 0. The maximum absolute atomic E-state index is 13.0. The third kappa shape index (κ3) is 3.81. The molecule has 2 aromatic carbocycles. The van der Waals surface area contributed by atoms with Gasteiger partial charge in [0.05, 0.1) is 0 Å². The Hall–Kier alpha value is -1.38. The fourth-order valence-electron chi connectivity index (χ4n) is 2.35. The molecule has 0 bridgehead atoms. The second-order valence-electron chi connectivity index (χ2n) is 5.12. The van der Waals surface area contributed by atoms with Crippen LogP contribution < -0.4 is 0 Å². The topological polar surface area (TPSA) is 20.2 Å². The highest BCUT2D eigenvalue weighted by Crippen LogP contribution is 2.23. The molecule has 1 atom stereocenters. The SMILES string of the molecule is Cc1ccccc1CC(CO)Cc1ccc(F)cc1Cl. The zero-order chi connectivity index (χ0) is 14.5. The van der Waals surface area contributed by atoms with Gasteiger partial charge in [0.15, 0.2) is 0 Å². The van der Waals surface area contributed by atoms with Crippen molar-refractivity contribution in [3.05, 3.63) is 70.0 Å². The Balaban J connectivity index is 2.11. The first kappa shape index (κ1) is 15.0. The van der Waals surface area contributed by atoms with Gasteiger partial charge in [-0.1, -0.05) is 41.9 Å². The summed E-state index contributed by atoms with van der Waals surface area (Å²) in [6, 6.07) is 12.6. The van der Waals surface area contributed by atoms with E-state index in [4.69, 9.17) is 11.6 Å². The van der Waals surface area contributed by atoms with Gasteiger partial charge in [0.1, 0.15) is 5.82 Å². The molecule has 1 N–H and O–H groups in total. The molecule has 3 heteroatoms. The largest absolute Gasteiger partial charge is 0.396 e. The van der Waals surface area contributed by atoms with E-state index in [1.54, 1.807) is 6.07 Å². The van der Waals surface area contributed by atoms with Crippen molar-refractivity contribution in [1.82, 2.24) is 0 Å². The summed E-state index contributed by atoms with van der Waals surface area (Å²) in [5.41, 5.74) is 3.32. The Labute approximate surface area is 124 Å². The predicted molar refractivity (Wildman–Crippen MR) is 80.6 cm³/mol. The molecule has 0 radical (unpaired) electrons. The summed E-state index contributed by atoms with van der Waals surface area (Å²) in [6.45, 7) is 2.15. The Kier molecular flexibility index (Phi) is 5.16. The minimum Gasteiger partial charge on any atom is -0.396 e. The van der Waals surface area contributed by atoms with E-state index in [2.05, 4.69) is 19.1 Å². The Morgan fingerprint density at radius 2 is 1.80 bits per heavy atom. The maximum atomic E-state index is 13.0. The van der Waals surface area contributed by atoms with Crippen molar-refractivity contribution in [3.8, 4) is 0 Å². The van der Waals surface area contributed by atoms with E-state index < -0.39 is 0 Å². The molecule has 0 aromatic heterocycles. The highest BCUT2D eigenvalue weighted by Gasteiger charge is 2.13. The summed E-state index contributed by atoms with van der Waals surface area (Å²) in [5.74, 6) is -0.253. The molecule has 1 unspecified atom stereocenters. The van der Waals surface area contributed by atoms with Gasteiger partial charge in [0.25, 0.3) is 0 Å². The highest BCUT2D eigenvalue weighted by molar-refractivity contribution is 6.31. The van der Waals surface area contributed by atoms with E-state index in [0.29, 0.717) is 11.4 Å². The van der Waals surface area contributed by atoms with Gasteiger partial charge >= 0.3 is 0 Å². The molecule has 0 saturated heterocycles. The number of aliphatic hydroxyl groups is 1. The average Bonchev–Trinajstić information content (AvgIpc) is 2.43. The molecule has 0 spiro atoms.